The lowest BCUT2D eigenvalue weighted by molar-refractivity contribution is -0.120. The van der Waals surface area contributed by atoms with Crippen molar-refractivity contribution < 1.29 is 37.5 Å². The van der Waals surface area contributed by atoms with E-state index in [9.17, 15) is 33.3 Å². The zero-order valence-corrected chi connectivity index (χ0v) is 17.8. The first-order valence-electron chi connectivity index (χ1n) is 9.57. The maximum atomic E-state index is 12.1. The predicted molar refractivity (Wildman–Crippen MR) is 112 cm³/mol. The van der Waals surface area contributed by atoms with E-state index in [1.165, 1.54) is 36.5 Å². The molecule has 0 bridgehead atoms. The number of benzene rings is 1. The Labute approximate surface area is 187 Å². The molecule has 14 nitrogen and oxygen atoms in total. The van der Waals surface area contributed by atoms with Crippen molar-refractivity contribution in [1.82, 2.24) is 14.3 Å². The van der Waals surface area contributed by atoms with Gasteiger partial charge >= 0.3 is 16.0 Å². The molecular formula is C18H23N5O9S. The lowest BCUT2D eigenvalue weighted by Gasteiger charge is -2.17. The maximum Gasteiger partial charge on any atom is 0.362 e. The number of hydrogen-bond acceptors (Lipinski definition) is 12. The zero-order valence-electron chi connectivity index (χ0n) is 17.0. The van der Waals surface area contributed by atoms with Crippen LogP contribution in [0, 0.1) is 0 Å². The van der Waals surface area contributed by atoms with Crippen LogP contribution < -0.4 is 21.9 Å². The molecule has 1 fully saturated rings. The van der Waals surface area contributed by atoms with Gasteiger partial charge in [-0.15, -0.1) is 0 Å². The molecule has 1 saturated heterocycles. The summed E-state index contributed by atoms with van der Waals surface area (Å²) in [6.07, 6.45) is -4.75. The van der Waals surface area contributed by atoms with Crippen LogP contribution in [0.3, 0.4) is 0 Å². The normalized spacial score (nSPS) is 23.8. The summed E-state index contributed by atoms with van der Waals surface area (Å²) in [7, 11) is -4.64. The van der Waals surface area contributed by atoms with Crippen LogP contribution in [0.2, 0.25) is 0 Å². The number of nitrogens with two attached hydrogens (primary N) is 2. The molecule has 15 heteroatoms. The number of carbonyl (C=O) groups excluding carboxylic acids is 1. The Balaban J connectivity index is 1.57. The van der Waals surface area contributed by atoms with Crippen LogP contribution in [0.1, 0.15) is 11.8 Å². The molecule has 2 aromatic rings. The average molecular weight is 485 g/mol. The fourth-order valence-electron chi connectivity index (χ4n) is 3.08. The number of aliphatic hydroxyl groups excluding tert-OH is 2. The first-order chi connectivity index (χ1) is 15.5. The lowest BCUT2D eigenvalue weighted by atomic mass is 10.1. The van der Waals surface area contributed by atoms with Crippen LogP contribution in [0.25, 0.3) is 0 Å². The second kappa shape index (κ2) is 9.82. The molecule has 1 aromatic carbocycles. The second-order valence-corrected chi connectivity index (χ2v) is 8.62. The third-order valence-electron chi connectivity index (χ3n) is 4.80. The fourth-order valence-corrected chi connectivity index (χ4v) is 3.85. The molecule has 1 aromatic heterocycles. The molecule has 1 aliphatic heterocycles. The SMILES string of the molecule is Nc1ccn([C@@H]2O[C@H](COS(=O)(=O)NC(=O)[C@@H](N)Cc3ccc(O)cc3)[C@@H](O)[C@H]2O)c(=O)n1. The van der Waals surface area contributed by atoms with Crippen LogP contribution in [0.4, 0.5) is 5.82 Å². The smallest absolute Gasteiger partial charge is 0.362 e. The molecule has 1 amide bonds. The molecule has 2 heterocycles. The van der Waals surface area contributed by atoms with E-state index >= 15 is 0 Å². The minimum Gasteiger partial charge on any atom is -0.508 e. The molecule has 180 valence electrons. The van der Waals surface area contributed by atoms with Gasteiger partial charge in [-0.25, -0.2) is 9.52 Å². The summed E-state index contributed by atoms with van der Waals surface area (Å²) in [5.74, 6) is -1.09. The first kappa shape index (κ1) is 24.6. The van der Waals surface area contributed by atoms with Crippen molar-refractivity contribution in [2.24, 2.45) is 5.73 Å². The number of phenols is 1. The molecule has 3 rings (SSSR count). The number of amides is 1. The molecule has 0 radical (unpaired) electrons. The molecule has 8 N–H and O–H groups in total. The van der Waals surface area contributed by atoms with Gasteiger partial charge in [0.05, 0.1) is 12.6 Å². The minimum atomic E-state index is -4.64. The first-order valence-corrected chi connectivity index (χ1v) is 11.0. The fraction of sp³-hybridized carbons (Fsp3) is 0.389. The zero-order chi connectivity index (χ0) is 24.3. The molecule has 0 spiro atoms. The molecule has 5 atom stereocenters. The number of carbonyl (C=O) groups is 1. The summed E-state index contributed by atoms with van der Waals surface area (Å²) >= 11 is 0. The van der Waals surface area contributed by atoms with Crippen molar-refractivity contribution in [3.8, 4) is 5.75 Å². The van der Waals surface area contributed by atoms with Gasteiger partial charge in [-0.05, 0) is 30.2 Å². The number of nitrogens with one attached hydrogen (secondary N) is 1. The number of anilines is 1. The summed E-state index contributed by atoms with van der Waals surface area (Å²) < 4.78 is 36.8. The number of aromatic hydroxyl groups is 1. The van der Waals surface area contributed by atoms with Gasteiger partial charge in [0, 0.05) is 6.20 Å². The lowest BCUT2D eigenvalue weighted by Crippen LogP contribution is -2.45. The number of aliphatic hydroxyl groups is 2. The van der Waals surface area contributed by atoms with Gasteiger partial charge < -0.3 is 31.5 Å². The van der Waals surface area contributed by atoms with Crippen LogP contribution in [0.5, 0.6) is 5.75 Å². The molecular weight excluding hydrogens is 462 g/mol. The Morgan fingerprint density at radius 1 is 1.24 bits per heavy atom. The molecule has 0 unspecified atom stereocenters. The van der Waals surface area contributed by atoms with E-state index in [2.05, 4.69) is 9.17 Å². The van der Waals surface area contributed by atoms with E-state index in [-0.39, 0.29) is 18.0 Å². The van der Waals surface area contributed by atoms with Crippen LogP contribution in [0.15, 0.2) is 41.3 Å². The third kappa shape index (κ3) is 6.04. The number of ether oxygens (including phenoxy) is 1. The van der Waals surface area contributed by atoms with Gasteiger partial charge in [0.25, 0.3) is 5.91 Å². The summed E-state index contributed by atoms with van der Waals surface area (Å²) in [4.78, 5) is 27.5. The number of phenolic OH excluding ortho intramolecular Hbond substituents is 1. The van der Waals surface area contributed by atoms with E-state index < -0.39 is 59.1 Å². The molecule has 33 heavy (non-hydrogen) atoms. The third-order valence-corrected chi connectivity index (χ3v) is 5.70. The topological polar surface area (TPSA) is 229 Å². The number of nitrogen functional groups attached to an aromatic ring is 1. The van der Waals surface area contributed by atoms with Gasteiger partial charge in [0.15, 0.2) is 6.23 Å². The van der Waals surface area contributed by atoms with Gasteiger partial charge in [-0.1, -0.05) is 12.1 Å². The minimum absolute atomic E-state index is 0.00959. The van der Waals surface area contributed by atoms with E-state index in [1.54, 1.807) is 4.72 Å². The van der Waals surface area contributed by atoms with Gasteiger partial charge in [0.1, 0.15) is 29.9 Å². The average Bonchev–Trinajstić information content (AvgIpc) is 3.02. The standard InChI is InChI=1S/C18H23N5O9S/c19-11(7-9-1-3-10(24)4-2-9)16(27)22-33(29,30)31-8-12-14(25)15(26)17(32-12)23-6-5-13(20)21-18(23)28/h1-6,11-12,14-15,17,24-26H,7-8,19H2,(H,22,27)(H2,20,21,28)/t11-,12+,14+,15+,17+/m0/s1. The highest BCUT2D eigenvalue weighted by Crippen LogP contribution is 2.28. The number of rotatable bonds is 8. The number of hydrogen-bond donors (Lipinski definition) is 6. The number of nitrogens with zero attached hydrogens (tertiary/aromatic N) is 2. The monoisotopic (exact) mass is 485 g/mol. The predicted octanol–water partition coefficient (Wildman–Crippen LogP) is -2.90. The Kier molecular flexibility index (Phi) is 7.31. The maximum absolute atomic E-state index is 12.1. The van der Waals surface area contributed by atoms with E-state index in [4.69, 9.17) is 16.2 Å². The van der Waals surface area contributed by atoms with Crippen molar-refractivity contribution in [2.75, 3.05) is 12.3 Å². The Morgan fingerprint density at radius 3 is 2.55 bits per heavy atom. The second-order valence-electron chi connectivity index (χ2n) is 7.27. The summed E-state index contributed by atoms with van der Waals surface area (Å²) in [5, 5.41) is 29.6. The quantitative estimate of drug-likeness (QED) is 0.221. The Hall–Kier alpha value is -3.08. The van der Waals surface area contributed by atoms with Crippen LogP contribution >= 0.6 is 0 Å². The van der Waals surface area contributed by atoms with Crippen molar-refractivity contribution in [1.29, 1.82) is 0 Å². The highest BCUT2D eigenvalue weighted by molar-refractivity contribution is 7.85. The highest BCUT2D eigenvalue weighted by Gasteiger charge is 2.45. The molecule has 0 saturated carbocycles. The van der Waals surface area contributed by atoms with Crippen molar-refractivity contribution in [3.63, 3.8) is 0 Å². The van der Waals surface area contributed by atoms with E-state index in [1.807, 2.05) is 0 Å². The largest absolute Gasteiger partial charge is 0.508 e. The molecule has 1 aliphatic rings. The van der Waals surface area contributed by atoms with E-state index in [0.717, 1.165) is 4.57 Å². The summed E-state index contributed by atoms with van der Waals surface area (Å²) in [6.45, 7) is -0.776. The van der Waals surface area contributed by atoms with Crippen molar-refractivity contribution in [2.45, 2.75) is 37.0 Å². The Morgan fingerprint density at radius 2 is 1.91 bits per heavy atom. The van der Waals surface area contributed by atoms with Crippen LogP contribution in [-0.2, 0) is 30.4 Å². The highest BCUT2D eigenvalue weighted by atomic mass is 32.2. The van der Waals surface area contributed by atoms with E-state index in [0.29, 0.717) is 5.56 Å². The van der Waals surface area contributed by atoms with Crippen LogP contribution in [-0.4, -0.2) is 70.2 Å². The van der Waals surface area contributed by atoms with Gasteiger partial charge in [-0.2, -0.15) is 13.4 Å². The summed E-state index contributed by atoms with van der Waals surface area (Å²) in [6, 6.07) is 5.87. The number of aromatic nitrogens is 2. The Bertz CT molecular complexity index is 1150. The van der Waals surface area contributed by atoms with Crippen molar-refractivity contribution >= 4 is 22.0 Å². The summed E-state index contributed by atoms with van der Waals surface area (Å²) in [5.41, 5.74) is 10.9. The van der Waals surface area contributed by atoms with Gasteiger partial charge in [0.2, 0.25) is 0 Å². The van der Waals surface area contributed by atoms with Gasteiger partial charge in [-0.3, -0.25) is 13.5 Å². The van der Waals surface area contributed by atoms with Crippen molar-refractivity contribution in [3.05, 3.63) is 52.6 Å². The molecule has 0 aliphatic carbocycles.